The van der Waals surface area contributed by atoms with Gasteiger partial charge in [0.1, 0.15) is 6.10 Å². The molecule has 1 saturated heterocycles. The minimum absolute atomic E-state index is 0. The number of aliphatic hydroxyl groups excluding tert-OH is 2. The summed E-state index contributed by atoms with van der Waals surface area (Å²) in [5, 5.41) is 34.1. The number of likely N-dealkylation sites (tertiary alicyclic amines) is 1. The van der Waals surface area contributed by atoms with Gasteiger partial charge in [0.2, 0.25) is 0 Å². The molecule has 0 amide bonds. The predicted octanol–water partition coefficient (Wildman–Crippen LogP) is -4.60. The van der Waals surface area contributed by atoms with Crippen LogP contribution in [0.25, 0.3) is 0 Å². The van der Waals surface area contributed by atoms with Crippen LogP contribution in [0.2, 0.25) is 0 Å². The monoisotopic (exact) mass is 334 g/mol. The number of hydrogen-bond donors (Lipinski definition) is 3. The zero-order valence-electron chi connectivity index (χ0n) is 13.1. The van der Waals surface area contributed by atoms with E-state index in [-0.39, 0.29) is 29.6 Å². The first kappa shape index (κ1) is 22.0. The van der Waals surface area contributed by atoms with E-state index in [1.165, 1.54) is 24.9 Å². The summed E-state index contributed by atoms with van der Waals surface area (Å²) >= 11 is 0. The number of carboxylic acid groups (broad SMARTS) is 2. The summed E-state index contributed by atoms with van der Waals surface area (Å²) in [5.74, 6) is -3.83. The number of aromatic nitrogens is 1. The number of aliphatic hydroxyl groups is 2. The summed E-state index contributed by atoms with van der Waals surface area (Å²) in [7, 11) is 2.19. The Morgan fingerprint density at radius 2 is 2.04 bits per heavy atom. The maximum Gasteiger partial charge on any atom is 1.00 e. The minimum atomic E-state index is -2.38. The van der Waals surface area contributed by atoms with E-state index >= 15 is 0 Å². The molecule has 3 unspecified atom stereocenters. The molecule has 0 aliphatic carbocycles. The van der Waals surface area contributed by atoms with Gasteiger partial charge in [-0.05, 0) is 38.1 Å². The molecule has 1 aliphatic rings. The van der Waals surface area contributed by atoms with E-state index in [0.717, 1.165) is 0 Å². The molecule has 23 heavy (non-hydrogen) atoms. The minimum Gasteiger partial charge on any atom is -0.547 e. The summed E-state index contributed by atoms with van der Waals surface area (Å²) in [5.41, 5.74) is 1.36. The Kier molecular flexibility index (Phi) is 10.2. The van der Waals surface area contributed by atoms with Gasteiger partial charge in [-0.1, -0.05) is 6.07 Å². The van der Waals surface area contributed by atoms with Gasteiger partial charge in [-0.15, -0.1) is 0 Å². The van der Waals surface area contributed by atoms with Crippen LogP contribution in [0, 0.1) is 0 Å². The average molecular weight is 334 g/mol. The van der Waals surface area contributed by atoms with Gasteiger partial charge in [-0.25, -0.2) is 4.79 Å². The van der Waals surface area contributed by atoms with E-state index in [4.69, 9.17) is 15.3 Å². The molecule has 3 N–H and O–H groups in total. The molecule has 122 valence electrons. The second-order valence-electron chi connectivity index (χ2n) is 4.97. The molecule has 9 heteroatoms. The molecule has 1 aliphatic heterocycles. The van der Waals surface area contributed by atoms with Gasteiger partial charge in [0, 0.05) is 18.4 Å². The topological polar surface area (TPSA) is 134 Å². The number of rotatable bonds is 4. The van der Waals surface area contributed by atoms with Gasteiger partial charge in [0.05, 0.1) is 5.97 Å². The van der Waals surface area contributed by atoms with Crippen molar-refractivity contribution in [1.29, 1.82) is 0 Å². The first-order valence-electron chi connectivity index (χ1n) is 6.74. The van der Waals surface area contributed by atoms with Crippen molar-refractivity contribution in [2.45, 2.75) is 31.1 Å². The van der Waals surface area contributed by atoms with Crippen LogP contribution in [0.4, 0.5) is 0 Å². The zero-order chi connectivity index (χ0) is 16.7. The Morgan fingerprint density at radius 3 is 2.39 bits per heavy atom. The van der Waals surface area contributed by atoms with E-state index in [1.807, 2.05) is 18.5 Å². The molecule has 0 saturated carbocycles. The molecule has 0 aromatic carbocycles. The Balaban J connectivity index is 0.000000412. The molecule has 2 rings (SSSR count). The van der Waals surface area contributed by atoms with Gasteiger partial charge in [-0.3, -0.25) is 9.88 Å². The molecule has 2 heterocycles. The van der Waals surface area contributed by atoms with Crippen molar-refractivity contribution in [2.24, 2.45) is 0 Å². The van der Waals surface area contributed by atoms with Crippen molar-refractivity contribution in [2.75, 3.05) is 13.6 Å². The molecule has 1 aromatic heterocycles. The SMILES string of the molecule is CN1CCCC1c1cccnc1.O=C([O-])C(O)C(O)C(=O)O.[Na+]. The molecule has 1 aromatic rings. The summed E-state index contributed by atoms with van der Waals surface area (Å²) < 4.78 is 0. The summed E-state index contributed by atoms with van der Waals surface area (Å²) in [6, 6.07) is 4.79. The van der Waals surface area contributed by atoms with Crippen LogP contribution in [-0.4, -0.2) is 62.9 Å². The van der Waals surface area contributed by atoms with Gasteiger partial charge < -0.3 is 25.2 Å². The normalized spacial score (nSPS) is 19.7. The second-order valence-corrected chi connectivity index (χ2v) is 4.97. The van der Waals surface area contributed by atoms with Gasteiger partial charge in [-0.2, -0.15) is 0 Å². The third-order valence-electron chi connectivity index (χ3n) is 3.38. The van der Waals surface area contributed by atoms with Crippen molar-refractivity contribution in [3.05, 3.63) is 30.1 Å². The van der Waals surface area contributed by atoms with E-state index in [9.17, 15) is 14.7 Å². The number of carboxylic acids is 2. The van der Waals surface area contributed by atoms with E-state index in [2.05, 4.69) is 23.0 Å². The second kappa shape index (κ2) is 10.7. The van der Waals surface area contributed by atoms with Crippen LogP contribution in [0.5, 0.6) is 0 Å². The van der Waals surface area contributed by atoms with Crippen molar-refractivity contribution in [1.82, 2.24) is 9.88 Å². The van der Waals surface area contributed by atoms with Crippen LogP contribution >= 0.6 is 0 Å². The third kappa shape index (κ3) is 6.94. The number of pyridine rings is 1. The first-order valence-corrected chi connectivity index (χ1v) is 6.74. The standard InChI is InChI=1S/C10H14N2.C4H6O6.Na/c1-12-7-3-5-10(12)9-4-2-6-11-8-9;5-1(3(7)8)2(6)4(9)10;/h2,4,6,8,10H,3,5,7H2,1H3;1-2,5-6H,(H,7,8)(H,9,10);/q;;+1/p-1. The fourth-order valence-corrected chi connectivity index (χ4v) is 2.17. The maximum atomic E-state index is 9.74. The smallest absolute Gasteiger partial charge is 0.547 e. The van der Waals surface area contributed by atoms with E-state index < -0.39 is 24.1 Å². The number of aliphatic carboxylic acids is 2. The third-order valence-corrected chi connectivity index (χ3v) is 3.38. The molecule has 1 fully saturated rings. The van der Waals surface area contributed by atoms with Crippen LogP contribution in [-0.2, 0) is 9.59 Å². The Bertz CT molecular complexity index is 483. The Morgan fingerprint density at radius 1 is 1.39 bits per heavy atom. The quantitative estimate of drug-likeness (QED) is 0.468. The van der Waals surface area contributed by atoms with Gasteiger partial charge in [0.25, 0.3) is 0 Å². The van der Waals surface area contributed by atoms with E-state index in [0.29, 0.717) is 6.04 Å². The number of carbonyl (C=O) groups is 2. The number of hydrogen-bond acceptors (Lipinski definition) is 7. The maximum absolute atomic E-state index is 9.74. The van der Waals surface area contributed by atoms with Gasteiger partial charge in [0.15, 0.2) is 6.10 Å². The molecule has 8 nitrogen and oxygen atoms in total. The van der Waals surface area contributed by atoms with Crippen molar-refractivity contribution < 1.29 is 59.6 Å². The van der Waals surface area contributed by atoms with Crippen molar-refractivity contribution in [3.8, 4) is 0 Å². The summed E-state index contributed by atoms with van der Waals surface area (Å²) in [6.45, 7) is 1.22. The molecule has 0 bridgehead atoms. The van der Waals surface area contributed by atoms with Crippen LogP contribution in [0.15, 0.2) is 24.5 Å². The van der Waals surface area contributed by atoms with Crippen LogP contribution < -0.4 is 34.7 Å². The molecular formula is C14H19N2NaO6. The van der Waals surface area contributed by atoms with Crippen LogP contribution in [0.1, 0.15) is 24.4 Å². The number of nitrogens with zero attached hydrogens (tertiary/aromatic N) is 2. The fourth-order valence-electron chi connectivity index (χ4n) is 2.17. The summed E-state index contributed by atoms with van der Waals surface area (Å²) in [6.07, 6.45) is 1.70. The van der Waals surface area contributed by atoms with E-state index in [1.54, 1.807) is 0 Å². The van der Waals surface area contributed by atoms with Gasteiger partial charge >= 0.3 is 35.5 Å². The van der Waals surface area contributed by atoms with Crippen LogP contribution in [0.3, 0.4) is 0 Å². The molecular weight excluding hydrogens is 315 g/mol. The fraction of sp³-hybridized carbons (Fsp3) is 0.500. The number of carbonyl (C=O) groups excluding carboxylic acids is 1. The predicted molar refractivity (Wildman–Crippen MR) is 73.5 cm³/mol. The Labute approximate surface area is 156 Å². The molecule has 0 spiro atoms. The van der Waals surface area contributed by atoms with Crippen molar-refractivity contribution >= 4 is 11.9 Å². The zero-order valence-corrected chi connectivity index (χ0v) is 15.1. The van der Waals surface area contributed by atoms with Crippen molar-refractivity contribution in [3.63, 3.8) is 0 Å². The molecule has 0 radical (unpaired) electrons. The average Bonchev–Trinajstić information content (AvgIpc) is 2.93. The Hall–Kier alpha value is -1.03. The molecule has 3 atom stereocenters. The largest absolute Gasteiger partial charge is 1.00 e. The summed E-state index contributed by atoms with van der Waals surface area (Å²) in [4.78, 5) is 25.9. The first-order chi connectivity index (χ1) is 10.3.